The third-order valence-electron chi connectivity index (χ3n) is 5.77. The summed E-state index contributed by atoms with van der Waals surface area (Å²) in [6.45, 7) is 4.67. The zero-order chi connectivity index (χ0) is 24.3. The summed E-state index contributed by atoms with van der Waals surface area (Å²) in [4.78, 5) is 13.0. The highest BCUT2D eigenvalue weighted by atomic mass is 32.2. The third-order valence-corrected chi connectivity index (χ3v) is 7.69. The first-order valence-electron chi connectivity index (χ1n) is 11.2. The number of rotatable bonds is 7. The van der Waals surface area contributed by atoms with Crippen LogP contribution < -0.4 is 10.1 Å². The van der Waals surface area contributed by atoms with Crippen LogP contribution in [0.1, 0.15) is 42.2 Å². The quantitative estimate of drug-likeness (QED) is 0.542. The Balaban J connectivity index is 1.63. The largest absolute Gasteiger partial charge is 0.492 e. The third kappa shape index (κ3) is 4.69. The first-order valence-corrected chi connectivity index (χ1v) is 12.6. The molecular formula is C24H27FN4O4S. The van der Waals surface area contributed by atoms with Crippen LogP contribution in [0.25, 0.3) is 5.69 Å². The summed E-state index contributed by atoms with van der Waals surface area (Å²) in [6, 6.07) is 10.7. The number of benzene rings is 2. The molecule has 1 aliphatic heterocycles. The molecule has 0 bridgehead atoms. The van der Waals surface area contributed by atoms with Crippen LogP contribution in [0.3, 0.4) is 0 Å². The van der Waals surface area contributed by atoms with Crippen LogP contribution in [0.4, 0.5) is 10.1 Å². The van der Waals surface area contributed by atoms with Gasteiger partial charge in [0, 0.05) is 18.8 Å². The standard InChI is InChI=1S/C24H27FN4O4S/c1-3-33-22-12-11-18(15-23(22)34(31,32)28-13-7-4-8-14-28)27-24(30)19-16-26-29(17(19)2)21-10-6-5-9-20(21)25/h5-6,9-12,15-16H,3-4,7-8,13-14H2,1-2H3,(H,27,30). The van der Waals surface area contributed by atoms with Crippen LogP contribution >= 0.6 is 0 Å². The molecule has 3 aromatic rings. The molecular weight excluding hydrogens is 459 g/mol. The Bertz CT molecular complexity index is 1300. The SMILES string of the molecule is CCOc1ccc(NC(=O)c2cnn(-c3ccccc3F)c2C)cc1S(=O)(=O)N1CCCCC1. The molecule has 4 rings (SSSR count). The van der Waals surface area contributed by atoms with Crippen molar-refractivity contribution in [3.8, 4) is 11.4 Å². The number of anilines is 1. The molecule has 0 unspecified atom stereocenters. The van der Waals surface area contributed by atoms with E-state index in [0.29, 0.717) is 31.1 Å². The van der Waals surface area contributed by atoms with Crippen molar-refractivity contribution in [2.24, 2.45) is 0 Å². The van der Waals surface area contributed by atoms with Gasteiger partial charge in [-0.05, 0) is 57.0 Å². The summed E-state index contributed by atoms with van der Waals surface area (Å²) in [5.74, 6) is -0.695. The molecule has 1 aliphatic rings. The lowest BCUT2D eigenvalue weighted by Crippen LogP contribution is -2.35. The summed E-state index contributed by atoms with van der Waals surface area (Å²) in [5.41, 5.74) is 1.24. The Labute approximate surface area is 198 Å². The predicted octanol–water partition coefficient (Wildman–Crippen LogP) is 4.15. The van der Waals surface area contributed by atoms with Crippen molar-refractivity contribution in [2.75, 3.05) is 25.0 Å². The van der Waals surface area contributed by atoms with E-state index in [1.807, 2.05) is 0 Å². The molecule has 1 saturated heterocycles. The highest BCUT2D eigenvalue weighted by Crippen LogP contribution is 2.31. The van der Waals surface area contributed by atoms with Crippen LogP contribution in [0, 0.1) is 12.7 Å². The summed E-state index contributed by atoms with van der Waals surface area (Å²) >= 11 is 0. The number of para-hydroxylation sites is 1. The lowest BCUT2D eigenvalue weighted by atomic mass is 10.2. The number of nitrogens with one attached hydrogen (secondary N) is 1. The van der Waals surface area contributed by atoms with Gasteiger partial charge in [-0.25, -0.2) is 17.5 Å². The van der Waals surface area contributed by atoms with Gasteiger partial charge in [0.1, 0.15) is 22.1 Å². The molecule has 0 aliphatic carbocycles. The number of nitrogens with zero attached hydrogens (tertiary/aromatic N) is 3. The lowest BCUT2D eigenvalue weighted by Gasteiger charge is -2.27. The van der Waals surface area contributed by atoms with E-state index in [2.05, 4.69) is 10.4 Å². The lowest BCUT2D eigenvalue weighted by molar-refractivity contribution is 0.102. The number of halogens is 1. The fourth-order valence-corrected chi connectivity index (χ4v) is 5.68. The molecule has 8 nitrogen and oxygen atoms in total. The van der Waals surface area contributed by atoms with Crippen molar-refractivity contribution in [3.05, 3.63) is 65.7 Å². The Kier molecular flexibility index (Phi) is 6.99. The molecule has 0 spiro atoms. The molecule has 0 atom stereocenters. The van der Waals surface area contributed by atoms with Gasteiger partial charge in [-0.2, -0.15) is 9.40 Å². The van der Waals surface area contributed by atoms with Crippen LogP contribution in [-0.4, -0.2) is 48.1 Å². The fourth-order valence-electron chi connectivity index (χ4n) is 4.00. The first kappa shape index (κ1) is 23.9. The summed E-state index contributed by atoms with van der Waals surface area (Å²) in [7, 11) is -3.78. The van der Waals surface area contributed by atoms with Crippen LogP contribution in [0.15, 0.2) is 53.6 Å². The molecule has 1 aromatic heterocycles. The maximum absolute atomic E-state index is 14.2. The second-order valence-corrected chi connectivity index (χ2v) is 9.93. The van der Waals surface area contributed by atoms with Crippen LogP contribution in [-0.2, 0) is 10.0 Å². The first-order chi connectivity index (χ1) is 16.3. The minimum absolute atomic E-state index is 0.0211. The second kappa shape index (κ2) is 9.94. The van der Waals surface area contributed by atoms with Gasteiger partial charge in [0.25, 0.3) is 5.91 Å². The van der Waals surface area contributed by atoms with E-state index in [-0.39, 0.29) is 21.9 Å². The normalized spacial score (nSPS) is 14.7. The average Bonchev–Trinajstić information content (AvgIpc) is 3.22. The maximum Gasteiger partial charge on any atom is 0.259 e. The van der Waals surface area contributed by atoms with Gasteiger partial charge >= 0.3 is 0 Å². The molecule has 34 heavy (non-hydrogen) atoms. The van der Waals surface area contributed by atoms with Crippen molar-refractivity contribution in [1.82, 2.24) is 14.1 Å². The van der Waals surface area contributed by atoms with Gasteiger partial charge in [-0.3, -0.25) is 4.79 Å². The van der Waals surface area contributed by atoms with Crippen molar-refractivity contribution in [1.29, 1.82) is 0 Å². The zero-order valence-electron chi connectivity index (χ0n) is 19.1. The molecule has 1 amide bonds. The molecule has 180 valence electrons. The monoisotopic (exact) mass is 486 g/mol. The molecule has 10 heteroatoms. The number of carbonyl (C=O) groups excluding carboxylic acids is 1. The van der Waals surface area contributed by atoms with Crippen molar-refractivity contribution < 1.29 is 22.3 Å². The molecule has 0 radical (unpaired) electrons. The van der Waals surface area contributed by atoms with Crippen molar-refractivity contribution in [2.45, 2.75) is 38.0 Å². The number of aromatic nitrogens is 2. The van der Waals surface area contributed by atoms with Gasteiger partial charge in [-0.15, -0.1) is 0 Å². The second-order valence-electron chi connectivity index (χ2n) is 8.02. The zero-order valence-corrected chi connectivity index (χ0v) is 19.9. The number of amides is 1. The van der Waals surface area contributed by atoms with Crippen LogP contribution in [0.2, 0.25) is 0 Å². The molecule has 2 aromatic carbocycles. The minimum Gasteiger partial charge on any atom is -0.492 e. The fraction of sp³-hybridized carbons (Fsp3) is 0.333. The minimum atomic E-state index is -3.78. The van der Waals surface area contributed by atoms with E-state index in [1.165, 1.54) is 27.3 Å². The van der Waals surface area contributed by atoms with Gasteiger partial charge in [-0.1, -0.05) is 18.6 Å². The number of carbonyl (C=O) groups is 1. The van der Waals surface area contributed by atoms with E-state index in [9.17, 15) is 17.6 Å². The Morgan fingerprint density at radius 3 is 2.59 bits per heavy atom. The maximum atomic E-state index is 14.2. The number of hydrogen-bond donors (Lipinski definition) is 1. The van der Waals surface area contributed by atoms with E-state index in [4.69, 9.17) is 4.74 Å². The number of hydrogen-bond acceptors (Lipinski definition) is 5. The van der Waals surface area contributed by atoms with E-state index in [0.717, 1.165) is 19.3 Å². The Hall–Kier alpha value is -3.24. The number of sulfonamides is 1. The highest BCUT2D eigenvalue weighted by Gasteiger charge is 2.29. The van der Waals surface area contributed by atoms with Gasteiger partial charge in [0.05, 0.1) is 24.1 Å². The average molecular weight is 487 g/mol. The predicted molar refractivity (Wildman–Crippen MR) is 126 cm³/mol. The summed E-state index contributed by atoms with van der Waals surface area (Å²) < 4.78 is 49.2. The highest BCUT2D eigenvalue weighted by molar-refractivity contribution is 7.89. The van der Waals surface area contributed by atoms with Gasteiger partial charge in [0.15, 0.2) is 0 Å². The van der Waals surface area contributed by atoms with Crippen molar-refractivity contribution >= 4 is 21.6 Å². The van der Waals surface area contributed by atoms with E-state index in [1.54, 1.807) is 44.2 Å². The molecule has 1 fully saturated rings. The van der Waals surface area contributed by atoms with E-state index < -0.39 is 21.7 Å². The Morgan fingerprint density at radius 2 is 1.88 bits per heavy atom. The molecule has 0 saturated carbocycles. The Morgan fingerprint density at radius 1 is 1.15 bits per heavy atom. The van der Waals surface area contributed by atoms with E-state index >= 15 is 0 Å². The summed E-state index contributed by atoms with van der Waals surface area (Å²) in [5, 5.41) is 6.90. The number of ether oxygens (including phenoxy) is 1. The number of piperidine rings is 1. The van der Waals surface area contributed by atoms with Crippen molar-refractivity contribution in [3.63, 3.8) is 0 Å². The molecule has 1 N–H and O–H groups in total. The van der Waals surface area contributed by atoms with Gasteiger partial charge in [0.2, 0.25) is 10.0 Å². The summed E-state index contributed by atoms with van der Waals surface area (Å²) in [6.07, 6.45) is 3.98. The molecule has 2 heterocycles. The smallest absolute Gasteiger partial charge is 0.259 e. The topological polar surface area (TPSA) is 93.5 Å². The van der Waals surface area contributed by atoms with Gasteiger partial charge < -0.3 is 10.1 Å². The van der Waals surface area contributed by atoms with Crippen LogP contribution in [0.5, 0.6) is 5.75 Å².